The molecule has 0 radical (unpaired) electrons. The summed E-state index contributed by atoms with van der Waals surface area (Å²) in [7, 11) is 4.26. The maximum absolute atomic E-state index is 12.4. The Kier molecular flexibility index (Phi) is 6.74. The lowest BCUT2D eigenvalue weighted by Crippen LogP contribution is -2.45. The molecule has 22 heavy (non-hydrogen) atoms. The van der Waals surface area contributed by atoms with E-state index in [-0.39, 0.29) is 11.9 Å². The highest BCUT2D eigenvalue weighted by atomic mass is 32.2. The number of likely N-dealkylation sites (N-methyl/N-ethyl adjacent to an activating group) is 1. The molecule has 1 fully saturated rings. The van der Waals surface area contributed by atoms with Crippen LogP contribution in [0.1, 0.15) is 11.8 Å². The van der Waals surface area contributed by atoms with Crippen LogP contribution < -0.4 is 5.32 Å². The monoisotopic (exact) mass is 341 g/mol. The fourth-order valence-corrected chi connectivity index (χ4v) is 4.60. The fraction of sp³-hybridized carbons (Fsp3) is 0.688. The van der Waals surface area contributed by atoms with Gasteiger partial charge in [0.1, 0.15) is 0 Å². The molecule has 124 valence electrons. The van der Waals surface area contributed by atoms with Crippen molar-refractivity contribution in [3.63, 3.8) is 0 Å². The second-order valence-electron chi connectivity index (χ2n) is 6.06. The minimum Gasteiger partial charge on any atom is -0.354 e. The van der Waals surface area contributed by atoms with Crippen LogP contribution in [0.15, 0.2) is 17.5 Å². The molecule has 0 unspecified atom stereocenters. The molecule has 0 spiro atoms. The number of hydrogen-bond donors (Lipinski definition) is 1. The van der Waals surface area contributed by atoms with E-state index in [0.717, 1.165) is 26.1 Å². The first kappa shape index (κ1) is 17.8. The van der Waals surface area contributed by atoms with Crippen LogP contribution in [0.2, 0.25) is 0 Å². The zero-order valence-corrected chi connectivity index (χ0v) is 15.5. The molecule has 1 aliphatic rings. The van der Waals surface area contributed by atoms with Crippen molar-refractivity contribution >= 4 is 29.0 Å². The number of amides is 1. The van der Waals surface area contributed by atoms with E-state index in [1.807, 2.05) is 18.7 Å². The number of rotatable bonds is 7. The summed E-state index contributed by atoms with van der Waals surface area (Å²) in [6.45, 7) is 4.71. The summed E-state index contributed by atoms with van der Waals surface area (Å²) >= 11 is 3.65. The molecule has 2 heterocycles. The highest BCUT2D eigenvalue weighted by Crippen LogP contribution is 2.25. The molecule has 1 amide bonds. The Labute approximate surface area is 142 Å². The standard InChI is InChI=1S/C16H27N3OS2/c1-12(16(20)17-8-7-13-6-5-9-22-13)19-10-14(18(2)3)15(11-19)21-4/h5-6,9,12,14-15H,7-8,10-11H2,1-4H3,(H,17,20)/t12-,14-,15-/m1/s1. The molecule has 1 aromatic heterocycles. The number of hydrogen-bond acceptors (Lipinski definition) is 5. The predicted octanol–water partition coefficient (Wildman–Crippen LogP) is 1.77. The maximum Gasteiger partial charge on any atom is 0.237 e. The van der Waals surface area contributed by atoms with Gasteiger partial charge in [0.2, 0.25) is 5.91 Å². The number of carbonyl (C=O) groups is 1. The minimum absolute atomic E-state index is 0.0528. The Morgan fingerprint density at radius 3 is 2.86 bits per heavy atom. The van der Waals surface area contributed by atoms with Crippen LogP contribution in [0.3, 0.4) is 0 Å². The van der Waals surface area contributed by atoms with Crippen molar-refractivity contribution < 1.29 is 4.79 Å². The van der Waals surface area contributed by atoms with Gasteiger partial charge in [0.25, 0.3) is 0 Å². The molecule has 4 nitrogen and oxygen atoms in total. The number of nitrogens with one attached hydrogen (secondary N) is 1. The normalized spacial score (nSPS) is 23.9. The molecule has 0 aliphatic carbocycles. The third kappa shape index (κ3) is 4.47. The molecular formula is C16H27N3OS2. The summed E-state index contributed by atoms with van der Waals surface area (Å²) in [6.07, 6.45) is 3.08. The van der Waals surface area contributed by atoms with Crippen molar-refractivity contribution in [1.29, 1.82) is 0 Å². The average Bonchev–Trinajstić information content (AvgIpc) is 3.15. The Balaban J connectivity index is 1.80. The Hall–Kier alpha value is -0.560. The molecule has 0 saturated carbocycles. The van der Waals surface area contributed by atoms with Gasteiger partial charge in [-0.25, -0.2) is 0 Å². The number of thiophene rings is 1. The van der Waals surface area contributed by atoms with Crippen LogP contribution >= 0.6 is 23.1 Å². The minimum atomic E-state index is -0.0528. The lowest BCUT2D eigenvalue weighted by atomic mass is 10.2. The van der Waals surface area contributed by atoms with E-state index < -0.39 is 0 Å². The van der Waals surface area contributed by atoms with Gasteiger partial charge in [-0.2, -0.15) is 11.8 Å². The van der Waals surface area contributed by atoms with Gasteiger partial charge in [-0.1, -0.05) is 6.07 Å². The summed E-state index contributed by atoms with van der Waals surface area (Å²) < 4.78 is 0. The quantitative estimate of drug-likeness (QED) is 0.820. The van der Waals surface area contributed by atoms with Gasteiger partial charge in [0.15, 0.2) is 0 Å². The zero-order chi connectivity index (χ0) is 16.1. The highest BCUT2D eigenvalue weighted by molar-refractivity contribution is 7.99. The molecule has 6 heteroatoms. The van der Waals surface area contributed by atoms with Crippen LogP contribution in [-0.2, 0) is 11.2 Å². The summed E-state index contributed by atoms with van der Waals surface area (Å²) in [6, 6.07) is 4.64. The average molecular weight is 342 g/mol. The fourth-order valence-electron chi connectivity index (χ4n) is 2.91. The van der Waals surface area contributed by atoms with Gasteiger partial charge in [-0.15, -0.1) is 11.3 Å². The second kappa shape index (κ2) is 8.34. The van der Waals surface area contributed by atoms with Crippen molar-refractivity contribution in [2.45, 2.75) is 30.7 Å². The summed E-state index contributed by atoms with van der Waals surface area (Å²) in [5.74, 6) is 0.149. The number of nitrogens with zero attached hydrogens (tertiary/aromatic N) is 2. The summed E-state index contributed by atoms with van der Waals surface area (Å²) in [4.78, 5) is 18.3. The van der Waals surface area contributed by atoms with Gasteiger partial charge < -0.3 is 10.2 Å². The van der Waals surface area contributed by atoms with Crippen LogP contribution in [0.4, 0.5) is 0 Å². The van der Waals surface area contributed by atoms with E-state index >= 15 is 0 Å². The number of likely N-dealkylation sites (tertiary alicyclic amines) is 1. The zero-order valence-electron chi connectivity index (χ0n) is 13.9. The van der Waals surface area contributed by atoms with Crippen LogP contribution in [-0.4, -0.2) is 73.0 Å². The third-order valence-corrected chi connectivity index (χ3v) is 6.41. The van der Waals surface area contributed by atoms with E-state index in [0.29, 0.717) is 11.3 Å². The Bertz CT molecular complexity index is 464. The topological polar surface area (TPSA) is 35.6 Å². The first-order valence-corrected chi connectivity index (χ1v) is 9.93. The number of carbonyl (C=O) groups excluding carboxylic acids is 1. The van der Waals surface area contributed by atoms with E-state index in [1.54, 1.807) is 11.3 Å². The predicted molar refractivity (Wildman–Crippen MR) is 96.8 cm³/mol. The molecule has 0 aromatic carbocycles. The molecule has 3 atom stereocenters. The molecule has 0 bridgehead atoms. The van der Waals surface area contributed by atoms with E-state index in [9.17, 15) is 4.79 Å². The van der Waals surface area contributed by atoms with Crippen LogP contribution in [0, 0.1) is 0 Å². The second-order valence-corrected chi connectivity index (χ2v) is 8.16. The molecule has 2 rings (SSSR count). The largest absolute Gasteiger partial charge is 0.354 e. The van der Waals surface area contributed by atoms with E-state index in [2.05, 4.69) is 53.0 Å². The SMILES string of the molecule is CS[C@@H]1CN([C@H](C)C(=O)NCCc2cccs2)C[C@H]1N(C)C. The van der Waals surface area contributed by atoms with Gasteiger partial charge in [0, 0.05) is 35.8 Å². The van der Waals surface area contributed by atoms with Crippen molar-refractivity contribution in [2.24, 2.45) is 0 Å². The molecule has 1 saturated heterocycles. The van der Waals surface area contributed by atoms with Crippen molar-refractivity contribution in [2.75, 3.05) is 40.0 Å². The van der Waals surface area contributed by atoms with Gasteiger partial charge in [0.05, 0.1) is 6.04 Å². The van der Waals surface area contributed by atoms with Crippen LogP contribution in [0.5, 0.6) is 0 Å². The van der Waals surface area contributed by atoms with Gasteiger partial charge in [-0.3, -0.25) is 9.69 Å². The Morgan fingerprint density at radius 2 is 2.32 bits per heavy atom. The Morgan fingerprint density at radius 1 is 1.55 bits per heavy atom. The van der Waals surface area contributed by atoms with Crippen LogP contribution in [0.25, 0.3) is 0 Å². The molecule has 1 aromatic rings. The lowest BCUT2D eigenvalue weighted by molar-refractivity contribution is -0.125. The molecule has 1 N–H and O–H groups in total. The highest BCUT2D eigenvalue weighted by Gasteiger charge is 2.37. The van der Waals surface area contributed by atoms with Crippen molar-refractivity contribution in [3.8, 4) is 0 Å². The summed E-state index contributed by atoms with van der Waals surface area (Å²) in [5, 5.41) is 5.74. The van der Waals surface area contributed by atoms with E-state index in [1.165, 1.54) is 4.88 Å². The third-order valence-electron chi connectivity index (χ3n) is 4.41. The smallest absolute Gasteiger partial charge is 0.237 e. The van der Waals surface area contributed by atoms with E-state index in [4.69, 9.17) is 0 Å². The summed E-state index contributed by atoms with van der Waals surface area (Å²) in [5.41, 5.74) is 0. The first-order chi connectivity index (χ1) is 10.5. The first-order valence-electron chi connectivity index (χ1n) is 7.76. The number of thioether (sulfide) groups is 1. The molecular weight excluding hydrogens is 314 g/mol. The van der Waals surface area contributed by atoms with Crippen molar-refractivity contribution in [1.82, 2.24) is 15.1 Å². The van der Waals surface area contributed by atoms with Crippen molar-refractivity contribution in [3.05, 3.63) is 22.4 Å². The maximum atomic E-state index is 12.4. The van der Waals surface area contributed by atoms with Gasteiger partial charge >= 0.3 is 0 Å². The molecule has 1 aliphatic heterocycles. The van der Waals surface area contributed by atoms with Gasteiger partial charge in [-0.05, 0) is 45.1 Å². The lowest BCUT2D eigenvalue weighted by Gasteiger charge is -2.25.